The lowest BCUT2D eigenvalue weighted by atomic mass is 10.1. The third-order valence-electron chi connectivity index (χ3n) is 4.88. The number of aryl methyl sites for hydroxylation is 1. The molecule has 1 aliphatic rings. The number of ether oxygens (including phenoxy) is 2. The second-order valence-corrected chi connectivity index (χ2v) is 7.50. The fourth-order valence-electron chi connectivity index (χ4n) is 3.12. The first-order chi connectivity index (χ1) is 15.1. The molecule has 0 unspecified atom stereocenters. The molecule has 1 atom stereocenters. The summed E-state index contributed by atoms with van der Waals surface area (Å²) in [5.41, 5.74) is -3.18. The largest absolute Gasteiger partial charge is 0.496 e. The van der Waals surface area contributed by atoms with Crippen LogP contribution < -0.4 is 9.47 Å². The molecule has 6 nitrogen and oxygen atoms in total. The Morgan fingerprint density at radius 1 is 1.25 bits per heavy atom. The molecule has 1 amide bonds. The maximum Gasteiger partial charge on any atom is 0.287 e. The van der Waals surface area contributed by atoms with Gasteiger partial charge >= 0.3 is 0 Å². The Labute approximate surface area is 186 Å². The first-order valence-corrected chi connectivity index (χ1v) is 9.71. The number of hydrogen-bond acceptors (Lipinski definition) is 5. The van der Waals surface area contributed by atoms with Crippen molar-refractivity contribution >= 4 is 23.2 Å². The molecule has 2 aromatic rings. The number of hydrogen-bond donors (Lipinski definition) is 1. The van der Waals surface area contributed by atoms with E-state index < -0.39 is 36.6 Å². The number of aliphatic hydroxyl groups is 1. The van der Waals surface area contributed by atoms with Crippen molar-refractivity contribution < 1.29 is 36.9 Å². The fraction of sp³-hybridized carbons (Fsp3) is 0.333. The smallest absolute Gasteiger partial charge is 0.287 e. The first-order valence-electron chi connectivity index (χ1n) is 9.33. The molecule has 0 aliphatic carbocycles. The van der Waals surface area contributed by atoms with E-state index in [0.29, 0.717) is 22.1 Å². The number of methoxy groups -OCH3 is 1. The number of carbonyl (C=O) groups excluding carboxylic acids is 1. The predicted molar refractivity (Wildman–Crippen MR) is 109 cm³/mol. The average molecular weight is 475 g/mol. The Morgan fingerprint density at radius 2 is 1.97 bits per heavy atom. The van der Waals surface area contributed by atoms with Gasteiger partial charge in [0.15, 0.2) is 0 Å². The van der Waals surface area contributed by atoms with Gasteiger partial charge in [0, 0.05) is 22.6 Å². The molecule has 11 heteroatoms. The molecule has 1 aliphatic heterocycles. The molecular formula is C21H19ClF4N2O4. The van der Waals surface area contributed by atoms with Crippen LogP contribution in [0.15, 0.2) is 41.5 Å². The van der Waals surface area contributed by atoms with Gasteiger partial charge in [0.1, 0.15) is 23.8 Å². The molecule has 0 radical (unpaired) electrons. The number of benzene rings is 2. The summed E-state index contributed by atoms with van der Waals surface area (Å²) >= 11 is 5.99. The summed E-state index contributed by atoms with van der Waals surface area (Å²) in [4.78, 5) is 12.8. The molecule has 0 fully saturated rings. The van der Waals surface area contributed by atoms with Crippen LogP contribution in [0.2, 0.25) is 5.02 Å². The van der Waals surface area contributed by atoms with Gasteiger partial charge in [-0.15, -0.1) is 0 Å². The minimum absolute atomic E-state index is 0.00810. The van der Waals surface area contributed by atoms with Gasteiger partial charge in [0.2, 0.25) is 5.72 Å². The highest BCUT2D eigenvalue weighted by Gasteiger charge is 2.53. The van der Waals surface area contributed by atoms with Crippen molar-refractivity contribution in [3.05, 3.63) is 58.1 Å². The Kier molecular flexibility index (Phi) is 6.94. The summed E-state index contributed by atoms with van der Waals surface area (Å²) in [5, 5.41) is 14.0. The molecule has 1 heterocycles. The van der Waals surface area contributed by atoms with Crippen LogP contribution in [0.4, 0.5) is 17.6 Å². The number of rotatable bonds is 7. The highest BCUT2D eigenvalue weighted by Crippen LogP contribution is 2.35. The molecule has 3 rings (SSSR count). The zero-order valence-corrected chi connectivity index (χ0v) is 17.7. The minimum atomic E-state index is -3.51. The third kappa shape index (κ3) is 4.66. The Balaban J connectivity index is 1.89. The van der Waals surface area contributed by atoms with Crippen LogP contribution >= 0.6 is 11.6 Å². The number of amides is 1. The second kappa shape index (κ2) is 9.33. The normalized spacial score (nSPS) is 18.3. The quantitative estimate of drug-likeness (QED) is 0.593. The van der Waals surface area contributed by atoms with E-state index in [2.05, 4.69) is 5.10 Å². The van der Waals surface area contributed by atoms with Crippen molar-refractivity contribution in [1.29, 1.82) is 0 Å². The molecule has 32 heavy (non-hydrogen) atoms. The maximum absolute atomic E-state index is 13.4. The van der Waals surface area contributed by atoms with Crippen LogP contribution in [0.3, 0.4) is 0 Å². The summed E-state index contributed by atoms with van der Waals surface area (Å²) < 4.78 is 63.8. The van der Waals surface area contributed by atoms with Gasteiger partial charge in [-0.3, -0.25) is 4.79 Å². The zero-order chi connectivity index (χ0) is 23.6. The topological polar surface area (TPSA) is 71.4 Å². The SMILES string of the molecule is COc1ccc(C(=O)N2N=C(C(F)F)C[C@]2(O)C(F)F)cc1COc1ccc(Cl)c(C)c1. The van der Waals surface area contributed by atoms with E-state index in [1.54, 1.807) is 25.1 Å². The summed E-state index contributed by atoms with van der Waals surface area (Å²) in [7, 11) is 1.39. The number of carbonyl (C=O) groups is 1. The van der Waals surface area contributed by atoms with Crippen LogP contribution in [0.5, 0.6) is 11.5 Å². The average Bonchev–Trinajstić information content (AvgIpc) is 3.13. The Bertz CT molecular complexity index is 1050. The third-order valence-corrected chi connectivity index (χ3v) is 5.31. The van der Waals surface area contributed by atoms with E-state index in [0.717, 1.165) is 5.56 Å². The number of halogens is 5. The summed E-state index contributed by atoms with van der Waals surface area (Å²) in [6, 6.07) is 8.95. The van der Waals surface area contributed by atoms with E-state index in [1.165, 1.54) is 25.3 Å². The van der Waals surface area contributed by atoms with E-state index in [9.17, 15) is 27.5 Å². The summed E-state index contributed by atoms with van der Waals surface area (Å²) in [6.45, 7) is 1.74. The standard InChI is InChI=1S/C21H19ClF4N2O4/c1-11-7-14(4-5-15(11)22)32-10-13-8-12(3-6-17(13)31-2)19(29)28-21(30,20(25)26)9-16(27-28)18(23)24/h3-8,18,20,30H,9-10H2,1-2H3/t21-/m0/s1. The molecule has 0 saturated carbocycles. The lowest BCUT2D eigenvalue weighted by Crippen LogP contribution is -2.51. The first kappa shape index (κ1) is 23.8. The Hall–Kier alpha value is -2.85. The van der Waals surface area contributed by atoms with Crippen molar-refractivity contribution in [3.63, 3.8) is 0 Å². The van der Waals surface area contributed by atoms with Crippen LogP contribution in [0.25, 0.3) is 0 Å². The monoisotopic (exact) mass is 474 g/mol. The summed E-state index contributed by atoms with van der Waals surface area (Å²) in [6.07, 6.45) is -7.86. The molecule has 0 bridgehead atoms. The van der Waals surface area contributed by atoms with Gasteiger partial charge in [0.25, 0.3) is 18.8 Å². The number of alkyl halides is 4. The molecular weight excluding hydrogens is 456 g/mol. The van der Waals surface area contributed by atoms with E-state index in [4.69, 9.17) is 21.1 Å². The Morgan fingerprint density at radius 3 is 2.56 bits per heavy atom. The van der Waals surface area contributed by atoms with Gasteiger partial charge in [-0.05, 0) is 48.9 Å². The maximum atomic E-state index is 13.4. The van der Waals surface area contributed by atoms with E-state index in [1.807, 2.05) is 0 Å². The molecule has 0 saturated heterocycles. The summed E-state index contributed by atoms with van der Waals surface area (Å²) in [5.74, 6) is -0.340. The highest BCUT2D eigenvalue weighted by molar-refractivity contribution is 6.31. The minimum Gasteiger partial charge on any atom is -0.496 e. The second-order valence-electron chi connectivity index (χ2n) is 7.09. The lowest BCUT2D eigenvalue weighted by molar-refractivity contribution is -0.164. The van der Waals surface area contributed by atoms with Crippen LogP contribution in [-0.2, 0) is 6.61 Å². The fourth-order valence-corrected chi connectivity index (χ4v) is 3.24. The van der Waals surface area contributed by atoms with Crippen molar-refractivity contribution in [2.45, 2.75) is 38.5 Å². The molecule has 1 N–H and O–H groups in total. The van der Waals surface area contributed by atoms with Crippen molar-refractivity contribution in [3.8, 4) is 11.5 Å². The zero-order valence-electron chi connectivity index (χ0n) is 17.0. The lowest BCUT2D eigenvalue weighted by Gasteiger charge is -2.30. The van der Waals surface area contributed by atoms with E-state index in [-0.39, 0.29) is 17.2 Å². The van der Waals surface area contributed by atoms with Crippen molar-refractivity contribution in [2.75, 3.05) is 7.11 Å². The molecule has 172 valence electrons. The predicted octanol–water partition coefficient (Wildman–Crippen LogP) is 4.66. The van der Waals surface area contributed by atoms with Gasteiger partial charge in [-0.25, -0.2) is 17.6 Å². The van der Waals surface area contributed by atoms with Gasteiger partial charge < -0.3 is 14.6 Å². The van der Waals surface area contributed by atoms with Crippen LogP contribution in [0.1, 0.15) is 27.9 Å². The molecule has 2 aromatic carbocycles. The van der Waals surface area contributed by atoms with Gasteiger partial charge in [0.05, 0.1) is 7.11 Å². The van der Waals surface area contributed by atoms with E-state index >= 15 is 0 Å². The van der Waals surface area contributed by atoms with Crippen LogP contribution in [-0.4, -0.2) is 47.4 Å². The highest BCUT2D eigenvalue weighted by atomic mass is 35.5. The number of nitrogens with zero attached hydrogens (tertiary/aromatic N) is 2. The van der Waals surface area contributed by atoms with Crippen molar-refractivity contribution in [1.82, 2.24) is 5.01 Å². The molecule has 0 spiro atoms. The molecule has 0 aromatic heterocycles. The van der Waals surface area contributed by atoms with Crippen molar-refractivity contribution in [2.24, 2.45) is 5.10 Å². The van der Waals surface area contributed by atoms with Gasteiger partial charge in [-0.1, -0.05) is 11.6 Å². The van der Waals surface area contributed by atoms with Crippen LogP contribution in [0, 0.1) is 6.92 Å². The number of hydrazone groups is 1. The van der Waals surface area contributed by atoms with Gasteiger partial charge in [-0.2, -0.15) is 10.1 Å².